The van der Waals surface area contributed by atoms with Gasteiger partial charge in [0.2, 0.25) is 0 Å². The fourth-order valence-electron chi connectivity index (χ4n) is 2.43. The largest absolute Gasteiger partial charge is 0.508 e. The Morgan fingerprint density at radius 2 is 1.78 bits per heavy atom. The lowest BCUT2D eigenvalue weighted by molar-refractivity contribution is 0.475. The van der Waals surface area contributed by atoms with E-state index in [9.17, 15) is 5.11 Å². The van der Waals surface area contributed by atoms with Crippen molar-refractivity contribution in [3.8, 4) is 5.75 Å². The zero-order valence-electron chi connectivity index (χ0n) is 13.0. The third-order valence-electron chi connectivity index (χ3n) is 3.61. The summed E-state index contributed by atoms with van der Waals surface area (Å²) in [6, 6.07) is 17.5. The van der Waals surface area contributed by atoms with Crippen molar-refractivity contribution in [1.29, 1.82) is 0 Å². The summed E-state index contributed by atoms with van der Waals surface area (Å²) in [5, 5.41) is 21.7. The molecule has 3 aromatic rings. The van der Waals surface area contributed by atoms with Crippen LogP contribution in [0.1, 0.15) is 11.4 Å². The number of phenolic OH excluding ortho intramolecular Hbond substituents is 1. The number of rotatable bonds is 6. The third kappa shape index (κ3) is 4.06. The van der Waals surface area contributed by atoms with Gasteiger partial charge in [0.05, 0.1) is 13.6 Å². The second kappa shape index (κ2) is 6.91. The van der Waals surface area contributed by atoms with Gasteiger partial charge in [-0.05, 0) is 41.5 Å². The highest BCUT2D eigenvalue weighted by Crippen LogP contribution is 2.20. The van der Waals surface area contributed by atoms with Gasteiger partial charge in [-0.15, -0.1) is 10.2 Å². The van der Waals surface area contributed by atoms with Crippen LogP contribution in [-0.2, 0) is 20.0 Å². The Hall–Kier alpha value is -2.89. The van der Waals surface area contributed by atoms with Gasteiger partial charge in [0.1, 0.15) is 5.75 Å². The molecule has 1 heterocycles. The van der Waals surface area contributed by atoms with Crippen LogP contribution < -0.4 is 4.90 Å². The van der Waals surface area contributed by atoms with E-state index in [0.717, 1.165) is 18.7 Å². The molecule has 0 atom stereocenters. The van der Waals surface area contributed by atoms with Gasteiger partial charge in [-0.25, -0.2) is 0 Å². The number of aryl methyl sites for hydroxylation is 1. The summed E-state index contributed by atoms with van der Waals surface area (Å²) in [6.07, 6.45) is 0.919. The van der Waals surface area contributed by atoms with Gasteiger partial charge in [-0.3, -0.25) is 0 Å². The number of hydrogen-bond donors (Lipinski definition) is 1. The number of aromatic nitrogens is 4. The van der Waals surface area contributed by atoms with Crippen molar-refractivity contribution in [3.05, 3.63) is 66.0 Å². The number of aromatic hydroxyl groups is 1. The highest BCUT2D eigenvalue weighted by atomic mass is 16.3. The molecule has 0 bridgehead atoms. The van der Waals surface area contributed by atoms with E-state index in [4.69, 9.17) is 0 Å². The van der Waals surface area contributed by atoms with Crippen LogP contribution in [0, 0.1) is 0 Å². The van der Waals surface area contributed by atoms with E-state index in [-0.39, 0.29) is 5.75 Å². The van der Waals surface area contributed by atoms with Crippen molar-refractivity contribution in [2.45, 2.75) is 13.0 Å². The maximum atomic E-state index is 9.48. The molecule has 0 aliphatic rings. The fourth-order valence-corrected chi connectivity index (χ4v) is 2.43. The number of phenols is 1. The first kappa shape index (κ1) is 15.0. The average molecular weight is 309 g/mol. The van der Waals surface area contributed by atoms with Crippen molar-refractivity contribution in [2.75, 3.05) is 11.4 Å². The molecule has 0 fully saturated rings. The lowest BCUT2D eigenvalue weighted by atomic mass is 10.1. The number of tetrazole rings is 1. The molecule has 0 saturated heterocycles. The van der Waals surface area contributed by atoms with E-state index in [0.29, 0.717) is 12.4 Å². The smallest absolute Gasteiger partial charge is 0.193 e. The summed E-state index contributed by atoms with van der Waals surface area (Å²) >= 11 is 0. The molecule has 0 aliphatic heterocycles. The van der Waals surface area contributed by atoms with Gasteiger partial charge in [-0.1, -0.05) is 30.3 Å². The molecule has 3 rings (SSSR count). The Labute approximate surface area is 135 Å². The Bertz CT molecular complexity index is 739. The van der Waals surface area contributed by atoms with Crippen molar-refractivity contribution in [2.24, 2.45) is 7.05 Å². The Morgan fingerprint density at radius 1 is 1.04 bits per heavy atom. The van der Waals surface area contributed by atoms with Gasteiger partial charge in [0.15, 0.2) is 5.82 Å². The van der Waals surface area contributed by atoms with E-state index in [2.05, 4.69) is 32.4 Å². The molecule has 23 heavy (non-hydrogen) atoms. The van der Waals surface area contributed by atoms with Gasteiger partial charge in [-0.2, -0.15) is 4.80 Å². The Morgan fingerprint density at radius 3 is 2.43 bits per heavy atom. The van der Waals surface area contributed by atoms with Crippen molar-refractivity contribution >= 4 is 5.69 Å². The summed E-state index contributed by atoms with van der Waals surface area (Å²) in [4.78, 5) is 3.64. The highest BCUT2D eigenvalue weighted by molar-refractivity contribution is 5.49. The van der Waals surface area contributed by atoms with Crippen LogP contribution in [0.3, 0.4) is 0 Å². The molecular formula is C17H19N5O. The van der Waals surface area contributed by atoms with E-state index in [1.165, 1.54) is 10.4 Å². The van der Waals surface area contributed by atoms with Crippen molar-refractivity contribution in [3.63, 3.8) is 0 Å². The zero-order chi connectivity index (χ0) is 16.1. The number of benzene rings is 2. The first-order chi connectivity index (χ1) is 11.2. The second-order valence-corrected chi connectivity index (χ2v) is 5.37. The van der Waals surface area contributed by atoms with Crippen LogP contribution in [0.2, 0.25) is 0 Å². The SMILES string of the molecule is Cn1nnc(CN(CCc2ccccc2)c2ccc(O)cc2)n1. The quantitative estimate of drug-likeness (QED) is 0.756. The predicted octanol–water partition coefficient (Wildman–Crippen LogP) is 2.17. The molecule has 6 nitrogen and oxygen atoms in total. The molecular weight excluding hydrogens is 290 g/mol. The van der Waals surface area contributed by atoms with Gasteiger partial charge in [0, 0.05) is 12.2 Å². The molecule has 2 aromatic carbocycles. The van der Waals surface area contributed by atoms with E-state index >= 15 is 0 Å². The summed E-state index contributed by atoms with van der Waals surface area (Å²) < 4.78 is 0. The summed E-state index contributed by atoms with van der Waals surface area (Å²) in [5.74, 6) is 0.933. The van der Waals surface area contributed by atoms with Crippen molar-refractivity contribution < 1.29 is 5.11 Å². The van der Waals surface area contributed by atoms with Crippen LogP contribution in [-0.4, -0.2) is 31.9 Å². The lowest BCUT2D eigenvalue weighted by Gasteiger charge is -2.23. The maximum Gasteiger partial charge on any atom is 0.193 e. The van der Waals surface area contributed by atoms with Gasteiger partial charge < -0.3 is 10.0 Å². The standard InChI is InChI=1S/C17H19N5O/c1-21-19-17(18-20-21)13-22(15-7-9-16(23)10-8-15)12-11-14-5-3-2-4-6-14/h2-10,23H,11-13H2,1H3. The lowest BCUT2D eigenvalue weighted by Crippen LogP contribution is -2.26. The molecule has 6 heteroatoms. The summed E-state index contributed by atoms with van der Waals surface area (Å²) in [6.45, 7) is 1.40. The van der Waals surface area contributed by atoms with Crippen molar-refractivity contribution in [1.82, 2.24) is 20.2 Å². The van der Waals surface area contributed by atoms with Gasteiger partial charge in [0.25, 0.3) is 0 Å². The Balaban J connectivity index is 1.76. The molecule has 0 aliphatic carbocycles. The molecule has 0 amide bonds. The molecule has 1 aromatic heterocycles. The number of hydrogen-bond acceptors (Lipinski definition) is 5. The van der Waals surface area contributed by atoms with Crippen LogP contribution in [0.25, 0.3) is 0 Å². The van der Waals surface area contributed by atoms with E-state index in [1.807, 2.05) is 30.3 Å². The first-order valence-corrected chi connectivity index (χ1v) is 7.51. The number of anilines is 1. The van der Waals surface area contributed by atoms with Crippen LogP contribution >= 0.6 is 0 Å². The minimum Gasteiger partial charge on any atom is -0.508 e. The van der Waals surface area contributed by atoms with E-state index in [1.54, 1.807) is 19.2 Å². The third-order valence-corrected chi connectivity index (χ3v) is 3.61. The van der Waals surface area contributed by atoms with E-state index < -0.39 is 0 Å². The average Bonchev–Trinajstić information content (AvgIpc) is 2.98. The Kier molecular flexibility index (Phi) is 4.52. The molecule has 0 saturated carbocycles. The second-order valence-electron chi connectivity index (χ2n) is 5.37. The maximum absolute atomic E-state index is 9.48. The normalized spacial score (nSPS) is 10.7. The number of nitrogens with zero attached hydrogens (tertiary/aromatic N) is 5. The van der Waals surface area contributed by atoms with Crippen LogP contribution in [0.15, 0.2) is 54.6 Å². The minimum absolute atomic E-state index is 0.259. The molecule has 0 unspecified atom stereocenters. The molecule has 1 N–H and O–H groups in total. The minimum atomic E-state index is 0.259. The van der Waals surface area contributed by atoms with Gasteiger partial charge >= 0.3 is 0 Å². The first-order valence-electron chi connectivity index (χ1n) is 7.51. The zero-order valence-corrected chi connectivity index (χ0v) is 13.0. The highest BCUT2D eigenvalue weighted by Gasteiger charge is 2.11. The molecule has 0 radical (unpaired) electrons. The topological polar surface area (TPSA) is 67.1 Å². The summed E-state index contributed by atoms with van der Waals surface area (Å²) in [7, 11) is 1.76. The van der Waals surface area contributed by atoms with Crippen LogP contribution in [0.4, 0.5) is 5.69 Å². The molecule has 0 spiro atoms. The van der Waals surface area contributed by atoms with Crippen LogP contribution in [0.5, 0.6) is 5.75 Å². The predicted molar refractivity (Wildman–Crippen MR) is 88.1 cm³/mol. The monoisotopic (exact) mass is 309 g/mol. The molecule has 118 valence electrons. The fraction of sp³-hybridized carbons (Fsp3) is 0.235. The summed E-state index contributed by atoms with van der Waals surface area (Å²) in [5.41, 5.74) is 2.30.